The molecule has 0 fully saturated rings. The van der Waals surface area contributed by atoms with E-state index in [1.165, 1.54) is 11.1 Å². The molecule has 1 aliphatic heterocycles. The Bertz CT molecular complexity index is 256. The molecule has 1 heterocycles. The topological polar surface area (TPSA) is 12.0 Å². The van der Waals surface area contributed by atoms with Crippen molar-refractivity contribution in [2.75, 3.05) is 13.1 Å². The van der Waals surface area contributed by atoms with E-state index in [0.717, 1.165) is 19.5 Å². The van der Waals surface area contributed by atoms with Gasteiger partial charge in [-0.05, 0) is 31.0 Å². The van der Waals surface area contributed by atoms with Gasteiger partial charge in [0.1, 0.15) is 0 Å². The molecule has 0 bridgehead atoms. The minimum absolute atomic E-state index is 0.995. The maximum absolute atomic E-state index is 3.67. The molecular weight excluding hydrogens is 158 g/mol. The summed E-state index contributed by atoms with van der Waals surface area (Å²) in [6, 6.07) is 0. The summed E-state index contributed by atoms with van der Waals surface area (Å²) in [4.78, 5) is 0. The number of hydrogen-bond acceptors (Lipinski definition) is 1. The van der Waals surface area contributed by atoms with Crippen LogP contribution in [0.1, 0.15) is 13.3 Å². The number of hydrogen-bond donors (Lipinski definition) is 1. The second-order valence-electron chi connectivity index (χ2n) is 3.02. The maximum Gasteiger partial charge on any atom is 0.0140 e. The minimum Gasteiger partial charge on any atom is -0.313 e. The van der Waals surface area contributed by atoms with Gasteiger partial charge in [0.05, 0.1) is 0 Å². The van der Waals surface area contributed by atoms with Crippen LogP contribution in [0.25, 0.3) is 0 Å². The second kappa shape index (κ2) is 5.55. The first-order valence-corrected chi connectivity index (χ1v) is 4.74. The Morgan fingerprint density at radius 2 is 2.46 bits per heavy atom. The lowest BCUT2D eigenvalue weighted by Crippen LogP contribution is -2.20. The minimum atomic E-state index is 0.995. The van der Waals surface area contributed by atoms with Crippen molar-refractivity contribution in [3.63, 3.8) is 0 Å². The molecular formula is C12H17N. The fraction of sp³-hybridized carbons (Fsp3) is 0.333. The number of nitrogens with one attached hydrogen (secondary N) is 1. The summed E-state index contributed by atoms with van der Waals surface area (Å²) in [7, 11) is 0. The number of rotatable bonds is 3. The molecule has 0 unspecified atom stereocenters. The highest BCUT2D eigenvalue weighted by molar-refractivity contribution is 5.41. The lowest BCUT2D eigenvalue weighted by Gasteiger charge is -2.14. The quantitative estimate of drug-likeness (QED) is 0.650. The standard InChI is InChI=1S/C12H17N/c1-3-5-6-11(4-2)12-7-9-13-10-8-12/h3-7,13H,1,8-10H2,2H3/b6-5-,11-4+. The van der Waals surface area contributed by atoms with Crippen molar-refractivity contribution in [1.29, 1.82) is 0 Å². The predicted octanol–water partition coefficient (Wildman–Crippen LogP) is 2.59. The fourth-order valence-electron chi connectivity index (χ4n) is 1.45. The van der Waals surface area contributed by atoms with E-state index in [2.05, 4.69) is 37.0 Å². The summed E-state index contributed by atoms with van der Waals surface area (Å²) in [5, 5.41) is 3.30. The van der Waals surface area contributed by atoms with Gasteiger partial charge in [-0.2, -0.15) is 0 Å². The van der Waals surface area contributed by atoms with E-state index in [9.17, 15) is 0 Å². The molecule has 0 radical (unpaired) electrons. The van der Waals surface area contributed by atoms with Gasteiger partial charge in [-0.3, -0.25) is 0 Å². The predicted molar refractivity (Wildman–Crippen MR) is 58.7 cm³/mol. The van der Waals surface area contributed by atoms with Gasteiger partial charge in [0, 0.05) is 6.54 Å². The molecule has 0 saturated carbocycles. The molecule has 0 amide bonds. The molecule has 0 aromatic rings. The highest BCUT2D eigenvalue weighted by Gasteiger charge is 2.04. The SMILES string of the molecule is C=C/C=C\C(=C/C)C1=CCNCC1. The first-order valence-electron chi connectivity index (χ1n) is 4.74. The smallest absolute Gasteiger partial charge is 0.0140 e. The van der Waals surface area contributed by atoms with Crippen molar-refractivity contribution in [3.05, 3.63) is 48.1 Å². The van der Waals surface area contributed by atoms with Gasteiger partial charge in [0.25, 0.3) is 0 Å². The highest BCUT2D eigenvalue weighted by atomic mass is 14.8. The van der Waals surface area contributed by atoms with Crippen LogP contribution in [-0.2, 0) is 0 Å². The number of allylic oxidation sites excluding steroid dienone is 5. The van der Waals surface area contributed by atoms with Crippen LogP contribution in [0.3, 0.4) is 0 Å². The summed E-state index contributed by atoms with van der Waals surface area (Å²) in [6.07, 6.45) is 11.4. The average Bonchev–Trinajstić information content (AvgIpc) is 2.21. The van der Waals surface area contributed by atoms with Gasteiger partial charge < -0.3 is 5.32 Å². The van der Waals surface area contributed by atoms with E-state index >= 15 is 0 Å². The van der Waals surface area contributed by atoms with Gasteiger partial charge in [-0.15, -0.1) is 0 Å². The van der Waals surface area contributed by atoms with E-state index < -0.39 is 0 Å². The Balaban J connectivity index is 2.71. The van der Waals surface area contributed by atoms with E-state index in [0.29, 0.717) is 0 Å². The molecule has 0 saturated heterocycles. The monoisotopic (exact) mass is 175 g/mol. The third kappa shape index (κ3) is 3.03. The van der Waals surface area contributed by atoms with Crippen molar-refractivity contribution in [2.24, 2.45) is 0 Å². The lowest BCUT2D eigenvalue weighted by molar-refractivity contribution is 0.709. The van der Waals surface area contributed by atoms with Crippen molar-refractivity contribution >= 4 is 0 Å². The van der Waals surface area contributed by atoms with Crippen LogP contribution in [0, 0.1) is 0 Å². The zero-order valence-electron chi connectivity index (χ0n) is 8.22. The fourth-order valence-corrected chi connectivity index (χ4v) is 1.45. The van der Waals surface area contributed by atoms with Crippen LogP contribution in [0.5, 0.6) is 0 Å². The largest absolute Gasteiger partial charge is 0.313 e. The van der Waals surface area contributed by atoms with Gasteiger partial charge in [-0.25, -0.2) is 0 Å². The maximum atomic E-state index is 3.67. The molecule has 1 heteroatoms. The Hall–Kier alpha value is -1.08. The van der Waals surface area contributed by atoms with E-state index in [4.69, 9.17) is 0 Å². The molecule has 0 aromatic carbocycles. The summed E-state index contributed by atoms with van der Waals surface area (Å²) in [5.41, 5.74) is 2.76. The molecule has 13 heavy (non-hydrogen) atoms. The zero-order valence-corrected chi connectivity index (χ0v) is 8.22. The second-order valence-corrected chi connectivity index (χ2v) is 3.02. The molecule has 0 atom stereocenters. The molecule has 0 spiro atoms. The van der Waals surface area contributed by atoms with Crippen LogP contribution in [0.15, 0.2) is 48.1 Å². The first kappa shape index (κ1) is 10.0. The Labute approximate surface area is 80.5 Å². The summed E-state index contributed by atoms with van der Waals surface area (Å²) in [5.74, 6) is 0. The van der Waals surface area contributed by atoms with Crippen LogP contribution in [0.4, 0.5) is 0 Å². The Morgan fingerprint density at radius 1 is 1.62 bits per heavy atom. The van der Waals surface area contributed by atoms with E-state index in [1.54, 1.807) is 0 Å². The average molecular weight is 175 g/mol. The molecule has 1 rings (SSSR count). The zero-order chi connectivity index (χ0) is 9.52. The van der Waals surface area contributed by atoms with Gasteiger partial charge in [-0.1, -0.05) is 37.0 Å². The summed E-state index contributed by atoms with van der Waals surface area (Å²) >= 11 is 0. The van der Waals surface area contributed by atoms with E-state index in [-0.39, 0.29) is 0 Å². The van der Waals surface area contributed by atoms with Crippen LogP contribution >= 0.6 is 0 Å². The van der Waals surface area contributed by atoms with Crippen LogP contribution in [0.2, 0.25) is 0 Å². The van der Waals surface area contributed by atoms with Crippen molar-refractivity contribution in [1.82, 2.24) is 5.32 Å². The third-order valence-corrected chi connectivity index (χ3v) is 2.16. The highest BCUT2D eigenvalue weighted by Crippen LogP contribution is 2.16. The first-order chi connectivity index (χ1) is 6.38. The molecule has 0 aliphatic carbocycles. The normalized spacial score (nSPS) is 18.8. The molecule has 1 aliphatic rings. The van der Waals surface area contributed by atoms with Gasteiger partial charge in [0.15, 0.2) is 0 Å². The van der Waals surface area contributed by atoms with E-state index in [1.807, 2.05) is 12.2 Å². The molecule has 1 nitrogen and oxygen atoms in total. The van der Waals surface area contributed by atoms with Crippen molar-refractivity contribution < 1.29 is 0 Å². The van der Waals surface area contributed by atoms with Gasteiger partial charge >= 0.3 is 0 Å². The molecule has 70 valence electrons. The van der Waals surface area contributed by atoms with Gasteiger partial charge in [0.2, 0.25) is 0 Å². The van der Waals surface area contributed by atoms with Crippen LogP contribution < -0.4 is 5.32 Å². The van der Waals surface area contributed by atoms with Crippen LogP contribution in [-0.4, -0.2) is 13.1 Å². The summed E-state index contributed by atoms with van der Waals surface area (Å²) in [6.45, 7) is 7.82. The van der Waals surface area contributed by atoms with Crippen molar-refractivity contribution in [2.45, 2.75) is 13.3 Å². The Kier molecular flexibility index (Phi) is 4.27. The molecule has 0 aromatic heterocycles. The summed E-state index contributed by atoms with van der Waals surface area (Å²) < 4.78 is 0. The third-order valence-electron chi connectivity index (χ3n) is 2.16. The van der Waals surface area contributed by atoms with Crippen molar-refractivity contribution in [3.8, 4) is 0 Å². The lowest BCUT2D eigenvalue weighted by atomic mass is 9.99. The molecule has 1 N–H and O–H groups in total. The Morgan fingerprint density at radius 3 is 3.00 bits per heavy atom.